The zero-order valence-electron chi connectivity index (χ0n) is 10.5. The van der Waals surface area contributed by atoms with Crippen LogP contribution < -0.4 is 5.32 Å². The SMILES string of the molecule is CSCC[C@H](NC(=O)N1CCCC(O)C1)C(=O)O. The van der Waals surface area contributed by atoms with Crippen molar-refractivity contribution in [3.8, 4) is 0 Å². The van der Waals surface area contributed by atoms with Crippen LogP contribution in [0.15, 0.2) is 0 Å². The van der Waals surface area contributed by atoms with Crippen molar-refractivity contribution in [1.82, 2.24) is 10.2 Å². The lowest BCUT2D eigenvalue weighted by Gasteiger charge is -2.31. The van der Waals surface area contributed by atoms with Gasteiger partial charge in [-0.25, -0.2) is 9.59 Å². The van der Waals surface area contributed by atoms with Crippen molar-refractivity contribution >= 4 is 23.8 Å². The lowest BCUT2D eigenvalue weighted by molar-refractivity contribution is -0.139. The van der Waals surface area contributed by atoms with Gasteiger partial charge < -0.3 is 20.4 Å². The van der Waals surface area contributed by atoms with Crippen LogP contribution in [0.1, 0.15) is 19.3 Å². The summed E-state index contributed by atoms with van der Waals surface area (Å²) in [6, 6.07) is -1.26. The first-order chi connectivity index (χ1) is 8.54. The summed E-state index contributed by atoms with van der Waals surface area (Å²) >= 11 is 1.54. The molecule has 6 nitrogen and oxygen atoms in total. The standard InChI is InChI=1S/C11H20N2O4S/c1-18-6-4-9(10(15)16)12-11(17)13-5-2-3-8(14)7-13/h8-9,14H,2-7H2,1H3,(H,12,17)(H,15,16)/t8?,9-/m0/s1. The van der Waals surface area contributed by atoms with Gasteiger partial charge in [0, 0.05) is 13.1 Å². The Hall–Kier alpha value is -0.950. The molecule has 2 amide bonds. The number of amides is 2. The van der Waals surface area contributed by atoms with Crippen LogP contribution >= 0.6 is 11.8 Å². The minimum absolute atomic E-state index is 0.278. The Kier molecular flexibility index (Phi) is 6.28. The number of aliphatic hydroxyl groups excluding tert-OH is 1. The largest absolute Gasteiger partial charge is 0.480 e. The van der Waals surface area contributed by atoms with Crippen LogP contribution in [-0.4, -0.2) is 64.4 Å². The van der Waals surface area contributed by atoms with E-state index in [4.69, 9.17) is 5.11 Å². The number of thioether (sulfide) groups is 1. The van der Waals surface area contributed by atoms with Crippen molar-refractivity contribution in [1.29, 1.82) is 0 Å². The van der Waals surface area contributed by atoms with E-state index in [1.54, 1.807) is 11.8 Å². The molecule has 1 unspecified atom stereocenters. The molecule has 0 spiro atoms. The molecule has 0 saturated carbocycles. The molecule has 0 aliphatic carbocycles. The molecule has 104 valence electrons. The average molecular weight is 276 g/mol. The first-order valence-electron chi connectivity index (χ1n) is 6.00. The highest BCUT2D eigenvalue weighted by atomic mass is 32.2. The number of carboxylic acid groups (broad SMARTS) is 1. The normalized spacial score (nSPS) is 21.4. The van der Waals surface area contributed by atoms with Gasteiger partial charge in [-0.2, -0.15) is 11.8 Å². The molecule has 1 aliphatic rings. The Morgan fingerprint density at radius 3 is 2.83 bits per heavy atom. The quantitative estimate of drug-likeness (QED) is 0.674. The van der Waals surface area contributed by atoms with Gasteiger partial charge in [-0.05, 0) is 31.3 Å². The molecule has 1 aliphatic heterocycles. The number of aliphatic carboxylic acids is 1. The first kappa shape index (κ1) is 15.1. The predicted molar refractivity (Wildman–Crippen MR) is 69.8 cm³/mol. The summed E-state index contributed by atoms with van der Waals surface area (Å²) in [6.07, 6.45) is 3.23. The van der Waals surface area contributed by atoms with E-state index in [2.05, 4.69) is 5.32 Å². The zero-order chi connectivity index (χ0) is 13.5. The van der Waals surface area contributed by atoms with Gasteiger partial charge in [0.05, 0.1) is 6.10 Å². The second kappa shape index (κ2) is 7.48. The fourth-order valence-corrected chi connectivity index (χ4v) is 2.34. The molecule has 1 rings (SSSR count). The lowest BCUT2D eigenvalue weighted by atomic mass is 10.1. The van der Waals surface area contributed by atoms with Gasteiger partial charge in [0.25, 0.3) is 0 Å². The fourth-order valence-electron chi connectivity index (χ4n) is 1.87. The van der Waals surface area contributed by atoms with Gasteiger partial charge in [0.2, 0.25) is 0 Å². The minimum atomic E-state index is -1.02. The number of aliphatic hydroxyl groups is 1. The number of nitrogens with zero attached hydrogens (tertiary/aromatic N) is 1. The second-order valence-electron chi connectivity index (χ2n) is 4.36. The summed E-state index contributed by atoms with van der Waals surface area (Å²) in [5, 5.41) is 21.0. The predicted octanol–water partition coefficient (Wildman–Crippen LogP) is 0.359. The molecule has 3 N–H and O–H groups in total. The zero-order valence-corrected chi connectivity index (χ0v) is 11.3. The maximum atomic E-state index is 11.9. The Morgan fingerprint density at radius 1 is 1.56 bits per heavy atom. The van der Waals surface area contributed by atoms with Crippen LogP contribution in [0, 0.1) is 0 Å². The van der Waals surface area contributed by atoms with E-state index in [0.717, 1.165) is 6.42 Å². The molecule has 0 aromatic carbocycles. The number of urea groups is 1. The van der Waals surface area contributed by atoms with Crippen LogP contribution in [0.2, 0.25) is 0 Å². The van der Waals surface area contributed by atoms with E-state index in [1.165, 1.54) is 4.90 Å². The van der Waals surface area contributed by atoms with Gasteiger partial charge in [-0.1, -0.05) is 0 Å². The highest BCUT2D eigenvalue weighted by Gasteiger charge is 2.26. The summed E-state index contributed by atoms with van der Waals surface area (Å²) in [4.78, 5) is 24.3. The number of likely N-dealkylation sites (tertiary alicyclic amines) is 1. The van der Waals surface area contributed by atoms with Gasteiger partial charge >= 0.3 is 12.0 Å². The van der Waals surface area contributed by atoms with Crippen molar-refractivity contribution < 1.29 is 19.8 Å². The summed E-state index contributed by atoms with van der Waals surface area (Å²) in [6.45, 7) is 0.846. The van der Waals surface area contributed by atoms with E-state index in [0.29, 0.717) is 25.1 Å². The van der Waals surface area contributed by atoms with Crippen molar-refractivity contribution in [3.63, 3.8) is 0 Å². The first-order valence-corrected chi connectivity index (χ1v) is 7.39. The number of hydrogen-bond acceptors (Lipinski definition) is 4. The lowest BCUT2D eigenvalue weighted by Crippen LogP contribution is -2.51. The fraction of sp³-hybridized carbons (Fsp3) is 0.818. The molecular weight excluding hydrogens is 256 g/mol. The number of carboxylic acids is 1. The molecule has 0 bridgehead atoms. The Bertz CT molecular complexity index is 301. The summed E-state index contributed by atoms with van der Waals surface area (Å²) in [5.41, 5.74) is 0. The van der Waals surface area contributed by atoms with Crippen LogP contribution in [-0.2, 0) is 4.79 Å². The number of carbonyl (C=O) groups is 2. The average Bonchev–Trinajstić information content (AvgIpc) is 2.33. The van der Waals surface area contributed by atoms with Gasteiger partial charge in [-0.15, -0.1) is 0 Å². The number of hydrogen-bond donors (Lipinski definition) is 3. The van der Waals surface area contributed by atoms with Crippen molar-refractivity contribution in [2.45, 2.75) is 31.4 Å². The molecule has 0 aromatic rings. The van der Waals surface area contributed by atoms with Crippen molar-refractivity contribution in [2.24, 2.45) is 0 Å². The Morgan fingerprint density at radius 2 is 2.28 bits per heavy atom. The monoisotopic (exact) mass is 276 g/mol. The maximum absolute atomic E-state index is 11.9. The van der Waals surface area contributed by atoms with E-state index in [-0.39, 0.29) is 6.54 Å². The molecule has 0 aromatic heterocycles. The number of β-amino-alcohol motifs (C(OH)–C–C–N with tert-alkyl or cyclic N) is 1. The molecule has 18 heavy (non-hydrogen) atoms. The van der Waals surface area contributed by atoms with E-state index in [1.807, 2.05) is 6.26 Å². The molecule has 7 heteroatoms. The van der Waals surface area contributed by atoms with E-state index >= 15 is 0 Å². The number of carbonyl (C=O) groups excluding carboxylic acids is 1. The Labute approximate surface area is 111 Å². The van der Waals surface area contributed by atoms with Gasteiger partial charge in [0.1, 0.15) is 6.04 Å². The highest BCUT2D eigenvalue weighted by Crippen LogP contribution is 2.10. The smallest absolute Gasteiger partial charge is 0.326 e. The third-order valence-corrected chi connectivity index (χ3v) is 3.53. The number of rotatable bonds is 5. The van der Waals surface area contributed by atoms with Gasteiger partial charge in [0.15, 0.2) is 0 Å². The van der Waals surface area contributed by atoms with E-state index in [9.17, 15) is 14.7 Å². The van der Waals surface area contributed by atoms with Gasteiger partial charge in [-0.3, -0.25) is 0 Å². The summed E-state index contributed by atoms with van der Waals surface area (Å²) < 4.78 is 0. The van der Waals surface area contributed by atoms with Crippen LogP contribution in [0.4, 0.5) is 4.79 Å². The molecule has 1 heterocycles. The van der Waals surface area contributed by atoms with E-state index < -0.39 is 24.1 Å². The number of piperidine rings is 1. The highest BCUT2D eigenvalue weighted by molar-refractivity contribution is 7.98. The minimum Gasteiger partial charge on any atom is -0.480 e. The number of nitrogens with one attached hydrogen (secondary N) is 1. The summed E-state index contributed by atoms with van der Waals surface area (Å²) in [7, 11) is 0. The van der Waals surface area contributed by atoms with Crippen LogP contribution in [0.5, 0.6) is 0 Å². The molecule has 0 radical (unpaired) electrons. The molecule has 1 saturated heterocycles. The molecule has 1 fully saturated rings. The molecule has 2 atom stereocenters. The topological polar surface area (TPSA) is 89.9 Å². The molecular formula is C11H20N2O4S. The van der Waals surface area contributed by atoms with Crippen molar-refractivity contribution in [3.05, 3.63) is 0 Å². The van der Waals surface area contributed by atoms with Crippen molar-refractivity contribution in [2.75, 3.05) is 25.1 Å². The van der Waals surface area contributed by atoms with Crippen LogP contribution in [0.25, 0.3) is 0 Å². The van der Waals surface area contributed by atoms with Crippen LogP contribution in [0.3, 0.4) is 0 Å². The summed E-state index contributed by atoms with van der Waals surface area (Å²) in [5.74, 6) is -0.338. The third kappa shape index (κ3) is 4.73. The maximum Gasteiger partial charge on any atom is 0.326 e. The second-order valence-corrected chi connectivity index (χ2v) is 5.35. The Balaban J connectivity index is 2.46. The third-order valence-electron chi connectivity index (χ3n) is 2.89.